The first-order chi connectivity index (χ1) is 7.24. The molecule has 2 saturated heterocycles. The number of likely N-dealkylation sites (tertiary alicyclic amines) is 1. The van der Waals surface area contributed by atoms with Gasteiger partial charge in [0.15, 0.2) is 0 Å². The van der Waals surface area contributed by atoms with Crippen LogP contribution in [0.5, 0.6) is 0 Å². The highest BCUT2D eigenvalue weighted by Crippen LogP contribution is 2.33. The highest BCUT2D eigenvalue weighted by Gasteiger charge is 2.41. The van der Waals surface area contributed by atoms with Crippen LogP contribution in [0.3, 0.4) is 0 Å². The van der Waals surface area contributed by atoms with E-state index in [4.69, 9.17) is 0 Å². The molecule has 15 heavy (non-hydrogen) atoms. The van der Waals surface area contributed by atoms with Crippen molar-refractivity contribution < 1.29 is 4.39 Å². The van der Waals surface area contributed by atoms with Crippen LogP contribution in [0.1, 0.15) is 6.42 Å². The van der Waals surface area contributed by atoms with E-state index < -0.39 is 0 Å². The van der Waals surface area contributed by atoms with Gasteiger partial charge in [-0.25, -0.2) is 4.39 Å². The van der Waals surface area contributed by atoms with Crippen LogP contribution in [0, 0.1) is 5.82 Å². The lowest BCUT2D eigenvalue weighted by atomic mass is 10.2. The van der Waals surface area contributed by atoms with Crippen LogP contribution < -0.4 is 4.90 Å². The van der Waals surface area contributed by atoms with Crippen molar-refractivity contribution in [2.24, 2.45) is 0 Å². The summed E-state index contributed by atoms with van der Waals surface area (Å²) in [4.78, 5) is 4.83. The lowest BCUT2D eigenvalue weighted by Gasteiger charge is -2.33. The van der Waals surface area contributed by atoms with Crippen LogP contribution in [0.2, 0.25) is 0 Å². The van der Waals surface area contributed by atoms with Gasteiger partial charge in [-0.3, -0.25) is 4.90 Å². The van der Waals surface area contributed by atoms with E-state index in [1.807, 2.05) is 12.1 Å². The molecule has 2 atom stereocenters. The van der Waals surface area contributed by atoms with Gasteiger partial charge in [0.25, 0.3) is 0 Å². The van der Waals surface area contributed by atoms with Crippen molar-refractivity contribution in [2.45, 2.75) is 18.5 Å². The molecule has 0 spiro atoms. The van der Waals surface area contributed by atoms with E-state index in [1.165, 1.54) is 6.42 Å². The molecule has 2 fully saturated rings. The summed E-state index contributed by atoms with van der Waals surface area (Å²) in [5.74, 6) is -0.153. The second-order valence-corrected chi connectivity index (χ2v) is 4.61. The van der Waals surface area contributed by atoms with Crippen LogP contribution in [0.15, 0.2) is 24.3 Å². The fourth-order valence-electron chi connectivity index (χ4n) is 2.81. The van der Waals surface area contributed by atoms with E-state index in [-0.39, 0.29) is 5.82 Å². The van der Waals surface area contributed by atoms with Gasteiger partial charge in [-0.1, -0.05) is 0 Å². The number of piperazine rings is 1. The zero-order chi connectivity index (χ0) is 10.4. The Morgan fingerprint density at radius 3 is 2.40 bits per heavy atom. The standard InChI is InChI=1S/C12H15FN2/c1-14-7-12-6-11(14)8-15(12)10-4-2-9(13)3-5-10/h2-5,11-12H,6-8H2,1H3/t11-,12-/m0/s1. The minimum absolute atomic E-state index is 0.153. The molecule has 2 bridgehead atoms. The van der Waals surface area contributed by atoms with E-state index in [0.717, 1.165) is 18.8 Å². The quantitative estimate of drug-likeness (QED) is 0.690. The molecule has 0 N–H and O–H groups in total. The van der Waals surface area contributed by atoms with Crippen molar-refractivity contribution in [3.8, 4) is 0 Å². The monoisotopic (exact) mass is 206 g/mol. The van der Waals surface area contributed by atoms with Gasteiger partial charge in [-0.15, -0.1) is 0 Å². The van der Waals surface area contributed by atoms with Crippen molar-refractivity contribution in [1.29, 1.82) is 0 Å². The Hall–Kier alpha value is -1.09. The second kappa shape index (κ2) is 3.20. The number of nitrogens with zero attached hydrogens (tertiary/aromatic N) is 2. The van der Waals surface area contributed by atoms with Gasteiger partial charge < -0.3 is 4.90 Å². The van der Waals surface area contributed by atoms with Gasteiger partial charge in [0.1, 0.15) is 5.82 Å². The van der Waals surface area contributed by atoms with Crippen molar-refractivity contribution in [3.63, 3.8) is 0 Å². The number of likely N-dealkylation sites (N-methyl/N-ethyl adjacent to an activating group) is 1. The first-order valence-electron chi connectivity index (χ1n) is 5.46. The van der Waals surface area contributed by atoms with Crippen LogP contribution in [-0.2, 0) is 0 Å². The number of halogens is 1. The summed E-state index contributed by atoms with van der Waals surface area (Å²) >= 11 is 0. The molecule has 0 radical (unpaired) electrons. The topological polar surface area (TPSA) is 6.48 Å². The molecule has 2 heterocycles. The minimum atomic E-state index is -0.153. The molecular formula is C12H15FN2. The molecular weight excluding hydrogens is 191 g/mol. The van der Waals surface area contributed by atoms with Crippen molar-refractivity contribution in [2.75, 3.05) is 25.0 Å². The van der Waals surface area contributed by atoms with E-state index in [9.17, 15) is 4.39 Å². The normalized spacial score (nSPS) is 30.1. The van der Waals surface area contributed by atoms with Gasteiger partial charge in [-0.2, -0.15) is 0 Å². The number of rotatable bonds is 1. The SMILES string of the molecule is CN1C[C@@H]2C[C@H]1CN2c1ccc(F)cc1. The summed E-state index contributed by atoms with van der Waals surface area (Å²) in [7, 11) is 2.19. The molecule has 1 aromatic carbocycles. The average Bonchev–Trinajstić information content (AvgIpc) is 2.77. The Labute approximate surface area is 89.3 Å². The Morgan fingerprint density at radius 2 is 1.87 bits per heavy atom. The molecule has 0 unspecified atom stereocenters. The van der Waals surface area contributed by atoms with E-state index in [2.05, 4.69) is 16.8 Å². The number of benzene rings is 1. The smallest absolute Gasteiger partial charge is 0.123 e. The zero-order valence-corrected chi connectivity index (χ0v) is 8.86. The fraction of sp³-hybridized carbons (Fsp3) is 0.500. The number of fused-ring (bicyclic) bond motifs is 2. The van der Waals surface area contributed by atoms with Gasteiger partial charge in [0.05, 0.1) is 0 Å². The average molecular weight is 206 g/mol. The predicted octanol–water partition coefficient (Wildman–Crippen LogP) is 1.72. The maximum atomic E-state index is 12.8. The molecule has 1 aromatic rings. The summed E-state index contributed by atoms with van der Waals surface area (Å²) in [6.45, 7) is 2.23. The van der Waals surface area contributed by atoms with E-state index >= 15 is 0 Å². The fourth-order valence-corrected chi connectivity index (χ4v) is 2.81. The van der Waals surface area contributed by atoms with Crippen molar-refractivity contribution >= 4 is 5.69 Å². The Kier molecular flexibility index (Phi) is 1.96. The maximum Gasteiger partial charge on any atom is 0.123 e. The predicted molar refractivity (Wildman–Crippen MR) is 58.6 cm³/mol. The molecule has 2 aliphatic rings. The number of anilines is 1. The Balaban J connectivity index is 1.83. The lowest BCUT2D eigenvalue weighted by Crippen LogP contribution is -2.44. The molecule has 0 aromatic heterocycles. The largest absolute Gasteiger partial charge is 0.366 e. The number of hydrogen-bond donors (Lipinski definition) is 0. The molecule has 0 saturated carbocycles. The Morgan fingerprint density at radius 1 is 1.13 bits per heavy atom. The minimum Gasteiger partial charge on any atom is -0.366 e. The molecule has 2 aliphatic heterocycles. The first-order valence-corrected chi connectivity index (χ1v) is 5.46. The third-order valence-corrected chi connectivity index (χ3v) is 3.67. The summed E-state index contributed by atoms with van der Waals surface area (Å²) in [5.41, 5.74) is 1.16. The van der Waals surface area contributed by atoms with Crippen LogP contribution in [0.4, 0.5) is 10.1 Å². The highest BCUT2D eigenvalue weighted by atomic mass is 19.1. The molecule has 3 rings (SSSR count). The zero-order valence-electron chi connectivity index (χ0n) is 8.86. The van der Waals surface area contributed by atoms with Crippen molar-refractivity contribution in [3.05, 3.63) is 30.1 Å². The second-order valence-electron chi connectivity index (χ2n) is 4.61. The van der Waals surface area contributed by atoms with Gasteiger partial charge in [0, 0.05) is 30.9 Å². The van der Waals surface area contributed by atoms with E-state index in [1.54, 1.807) is 12.1 Å². The van der Waals surface area contributed by atoms with Crippen LogP contribution >= 0.6 is 0 Å². The lowest BCUT2D eigenvalue weighted by molar-refractivity contribution is 0.292. The molecule has 0 aliphatic carbocycles. The summed E-state index contributed by atoms with van der Waals surface area (Å²) in [5, 5.41) is 0. The maximum absolute atomic E-state index is 12.8. The van der Waals surface area contributed by atoms with Gasteiger partial charge in [0.2, 0.25) is 0 Å². The molecule has 0 amide bonds. The molecule has 2 nitrogen and oxygen atoms in total. The van der Waals surface area contributed by atoms with Crippen molar-refractivity contribution in [1.82, 2.24) is 4.90 Å². The number of hydrogen-bond acceptors (Lipinski definition) is 2. The third kappa shape index (κ3) is 1.42. The summed E-state index contributed by atoms with van der Waals surface area (Å²) < 4.78 is 12.8. The molecule has 80 valence electrons. The van der Waals surface area contributed by atoms with Crippen LogP contribution in [-0.4, -0.2) is 37.1 Å². The first kappa shape index (κ1) is 9.16. The van der Waals surface area contributed by atoms with Gasteiger partial charge >= 0.3 is 0 Å². The van der Waals surface area contributed by atoms with E-state index in [0.29, 0.717) is 12.1 Å². The summed E-state index contributed by atoms with van der Waals surface area (Å²) in [6.07, 6.45) is 1.26. The molecule has 3 heteroatoms. The van der Waals surface area contributed by atoms with Crippen LogP contribution in [0.25, 0.3) is 0 Å². The highest BCUT2D eigenvalue weighted by molar-refractivity contribution is 5.49. The van der Waals surface area contributed by atoms with Gasteiger partial charge in [-0.05, 0) is 37.7 Å². The summed E-state index contributed by atoms with van der Waals surface area (Å²) in [6, 6.07) is 8.19. The Bertz CT molecular complexity index is 360. The third-order valence-electron chi connectivity index (χ3n) is 3.67.